The van der Waals surface area contributed by atoms with Gasteiger partial charge in [0.15, 0.2) is 0 Å². The highest BCUT2D eigenvalue weighted by molar-refractivity contribution is 5.98. The van der Waals surface area contributed by atoms with Crippen LogP contribution in [0.4, 0.5) is 5.95 Å². The fourth-order valence-electron chi connectivity index (χ4n) is 3.95. The van der Waals surface area contributed by atoms with Crippen molar-refractivity contribution in [1.29, 1.82) is 0 Å². The SMILES string of the molecule is O=C(c1cc2ccccc2[nH]1)N1CC(N2CCN(c3ncccn3)CC2)C1. The predicted molar refractivity (Wildman–Crippen MR) is 104 cm³/mol. The maximum Gasteiger partial charge on any atom is 0.270 e. The van der Waals surface area contributed by atoms with Crippen LogP contribution in [-0.4, -0.2) is 76.0 Å². The van der Waals surface area contributed by atoms with Crippen molar-refractivity contribution in [2.45, 2.75) is 6.04 Å². The van der Waals surface area contributed by atoms with Crippen molar-refractivity contribution >= 4 is 22.8 Å². The quantitative estimate of drug-likeness (QED) is 0.767. The molecule has 7 nitrogen and oxygen atoms in total. The van der Waals surface area contributed by atoms with Gasteiger partial charge >= 0.3 is 0 Å². The number of hydrogen-bond acceptors (Lipinski definition) is 5. The van der Waals surface area contributed by atoms with E-state index in [-0.39, 0.29) is 5.91 Å². The van der Waals surface area contributed by atoms with Crippen LogP contribution < -0.4 is 4.90 Å². The van der Waals surface area contributed by atoms with Crippen molar-refractivity contribution in [3.05, 3.63) is 54.5 Å². The first kappa shape index (κ1) is 16.3. The highest BCUT2D eigenvalue weighted by atomic mass is 16.2. The number of fused-ring (bicyclic) bond motifs is 1. The Labute approximate surface area is 157 Å². The van der Waals surface area contributed by atoms with Gasteiger partial charge in [-0.15, -0.1) is 0 Å². The van der Waals surface area contributed by atoms with Crippen LogP contribution in [0.1, 0.15) is 10.5 Å². The van der Waals surface area contributed by atoms with E-state index in [9.17, 15) is 4.79 Å². The molecule has 4 heterocycles. The van der Waals surface area contributed by atoms with E-state index in [2.05, 4.69) is 24.8 Å². The molecule has 2 aromatic heterocycles. The number of anilines is 1. The molecule has 2 saturated heterocycles. The van der Waals surface area contributed by atoms with Crippen molar-refractivity contribution in [3.63, 3.8) is 0 Å². The molecule has 0 saturated carbocycles. The van der Waals surface area contributed by atoms with Gasteiger partial charge in [-0.1, -0.05) is 18.2 Å². The average Bonchev–Trinajstić information content (AvgIpc) is 3.12. The molecule has 1 amide bonds. The lowest BCUT2D eigenvalue weighted by Gasteiger charge is -2.48. The van der Waals surface area contributed by atoms with E-state index in [0.717, 1.165) is 56.1 Å². The molecule has 1 N–H and O–H groups in total. The third-order valence-electron chi connectivity index (χ3n) is 5.58. The Balaban J connectivity index is 1.16. The largest absolute Gasteiger partial charge is 0.351 e. The summed E-state index contributed by atoms with van der Waals surface area (Å²) in [5.41, 5.74) is 1.69. The van der Waals surface area contributed by atoms with Gasteiger partial charge in [0.05, 0.1) is 0 Å². The highest BCUT2D eigenvalue weighted by Crippen LogP contribution is 2.22. The summed E-state index contributed by atoms with van der Waals surface area (Å²) in [7, 11) is 0. The van der Waals surface area contributed by atoms with Crippen molar-refractivity contribution in [1.82, 2.24) is 24.8 Å². The van der Waals surface area contributed by atoms with E-state index in [1.54, 1.807) is 12.4 Å². The van der Waals surface area contributed by atoms with Crippen LogP contribution in [0.15, 0.2) is 48.8 Å². The van der Waals surface area contributed by atoms with Crippen LogP contribution in [-0.2, 0) is 0 Å². The molecule has 0 unspecified atom stereocenters. The number of aromatic nitrogens is 3. The number of carbonyl (C=O) groups excluding carboxylic acids is 1. The number of carbonyl (C=O) groups is 1. The molecule has 0 spiro atoms. The van der Waals surface area contributed by atoms with Gasteiger partial charge in [0, 0.05) is 68.6 Å². The van der Waals surface area contributed by atoms with Gasteiger partial charge in [-0.2, -0.15) is 0 Å². The lowest BCUT2D eigenvalue weighted by molar-refractivity contribution is 0.0242. The second-order valence-electron chi connectivity index (χ2n) is 7.21. The molecule has 0 radical (unpaired) electrons. The first-order valence-electron chi connectivity index (χ1n) is 9.41. The Morgan fingerprint density at radius 3 is 2.48 bits per heavy atom. The van der Waals surface area contributed by atoms with Crippen LogP contribution in [0.25, 0.3) is 10.9 Å². The molecule has 27 heavy (non-hydrogen) atoms. The van der Waals surface area contributed by atoms with E-state index in [1.165, 1.54) is 0 Å². The van der Waals surface area contributed by atoms with Crippen molar-refractivity contribution in [2.24, 2.45) is 0 Å². The third kappa shape index (κ3) is 3.04. The number of amides is 1. The molecule has 3 aromatic rings. The number of rotatable bonds is 3. The maximum absolute atomic E-state index is 12.7. The Bertz CT molecular complexity index is 908. The summed E-state index contributed by atoms with van der Waals surface area (Å²) < 4.78 is 0. The fourth-order valence-corrected chi connectivity index (χ4v) is 3.95. The van der Waals surface area contributed by atoms with Gasteiger partial charge in [0.1, 0.15) is 5.69 Å². The van der Waals surface area contributed by atoms with E-state index >= 15 is 0 Å². The van der Waals surface area contributed by atoms with E-state index in [1.807, 2.05) is 41.3 Å². The molecule has 0 aliphatic carbocycles. The van der Waals surface area contributed by atoms with Crippen LogP contribution >= 0.6 is 0 Å². The van der Waals surface area contributed by atoms with Gasteiger partial charge < -0.3 is 14.8 Å². The zero-order valence-corrected chi connectivity index (χ0v) is 15.1. The number of piperazine rings is 1. The number of benzene rings is 1. The summed E-state index contributed by atoms with van der Waals surface area (Å²) >= 11 is 0. The van der Waals surface area contributed by atoms with E-state index in [0.29, 0.717) is 11.7 Å². The van der Waals surface area contributed by atoms with Crippen molar-refractivity contribution in [3.8, 4) is 0 Å². The molecule has 2 aliphatic heterocycles. The second kappa shape index (κ2) is 6.66. The summed E-state index contributed by atoms with van der Waals surface area (Å²) in [6.45, 7) is 5.42. The number of H-pyrrole nitrogens is 1. The Morgan fingerprint density at radius 1 is 1.00 bits per heavy atom. The van der Waals surface area contributed by atoms with Crippen LogP contribution in [0, 0.1) is 0 Å². The number of aromatic amines is 1. The molecule has 2 aliphatic rings. The van der Waals surface area contributed by atoms with E-state index in [4.69, 9.17) is 0 Å². The Kier molecular flexibility index (Phi) is 4.01. The number of nitrogens with one attached hydrogen (secondary N) is 1. The molecule has 2 fully saturated rings. The average molecular weight is 362 g/mol. The van der Waals surface area contributed by atoms with Gasteiger partial charge in [0.2, 0.25) is 5.95 Å². The first-order chi connectivity index (χ1) is 13.3. The zero-order valence-electron chi connectivity index (χ0n) is 15.1. The zero-order chi connectivity index (χ0) is 18.2. The smallest absolute Gasteiger partial charge is 0.270 e. The summed E-state index contributed by atoms with van der Waals surface area (Å²) in [6, 6.07) is 12.2. The monoisotopic (exact) mass is 362 g/mol. The molecule has 0 bridgehead atoms. The van der Waals surface area contributed by atoms with Crippen LogP contribution in [0.5, 0.6) is 0 Å². The van der Waals surface area contributed by atoms with Gasteiger partial charge in [0.25, 0.3) is 5.91 Å². The van der Waals surface area contributed by atoms with Crippen molar-refractivity contribution < 1.29 is 4.79 Å². The second-order valence-corrected chi connectivity index (χ2v) is 7.21. The standard InChI is InChI=1S/C20H22N6O/c27-19(18-12-15-4-1-2-5-17(15)23-18)26-13-16(14-26)24-8-10-25(11-9-24)20-21-6-3-7-22-20/h1-7,12,16,23H,8-11,13-14H2. The summed E-state index contributed by atoms with van der Waals surface area (Å²) in [5.74, 6) is 0.903. The predicted octanol–water partition coefficient (Wildman–Crippen LogP) is 1.60. The first-order valence-corrected chi connectivity index (χ1v) is 9.41. The number of hydrogen-bond donors (Lipinski definition) is 1. The minimum absolute atomic E-state index is 0.0961. The topological polar surface area (TPSA) is 68.4 Å². The minimum Gasteiger partial charge on any atom is -0.351 e. The number of likely N-dealkylation sites (tertiary alicyclic amines) is 1. The van der Waals surface area contributed by atoms with Crippen molar-refractivity contribution in [2.75, 3.05) is 44.2 Å². The molecular formula is C20H22N6O. The Morgan fingerprint density at radius 2 is 1.74 bits per heavy atom. The van der Waals surface area contributed by atoms with E-state index < -0.39 is 0 Å². The highest BCUT2D eigenvalue weighted by Gasteiger charge is 2.37. The van der Waals surface area contributed by atoms with Crippen LogP contribution in [0.2, 0.25) is 0 Å². The summed E-state index contributed by atoms with van der Waals surface area (Å²) in [4.78, 5) is 31.3. The maximum atomic E-state index is 12.7. The van der Waals surface area contributed by atoms with Gasteiger partial charge in [-0.25, -0.2) is 9.97 Å². The molecule has 0 atom stereocenters. The fraction of sp³-hybridized carbons (Fsp3) is 0.350. The lowest BCUT2D eigenvalue weighted by atomic mass is 10.1. The van der Waals surface area contributed by atoms with Crippen LogP contribution in [0.3, 0.4) is 0 Å². The molecular weight excluding hydrogens is 340 g/mol. The summed E-state index contributed by atoms with van der Waals surface area (Å²) in [6.07, 6.45) is 3.57. The normalized spacial score (nSPS) is 18.7. The molecule has 138 valence electrons. The molecule has 7 heteroatoms. The number of nitrogens with zero attached hydrogens (tertiary/aromatic N) is 5. The lowest BCUT2D eigenvalue weighted by Crippen LogP contribution is -2.64. The molecule has 5 rings (SSSR count). The minimum atomic E-state index is 0.0961. The van der Waals surface area contributed by atoms with Gasteiger partial charge in [-0.05, 0) is 18.2 Å². The van der Waals surface area contributed by atoms with Gasteiger partial charge in [-0.3, -0.25) is 9.69 Å². The number of para-hydroxylation sites is 1. The Hall–Kier alpha value is -2.93. The molecule has 1 aromatic carbocycles. The summed E-state index contributed by atoms with van der Waals surface area (Å²) in [5, 5.41) is 1.08. The third-order valence-corrected chi connectivity index (χ3v) is 5.58.